The van der Waals surface area contributed by atoms with Gasteiger partial charge in [-0.1, -0.05) is 24.8 Å². The summed E-state index contributed by atoms with van der Waals surface area (Å²) in [6, 6.07) is 17.2. The third-order valence-corrected chi connectivity index (χ3v) is 5.31. The molecule has 0 saturated carbocycles. The Morgan fingerprint density at radius 1 is 0.789 bits per heavy atom. The smallest absolute Gasteiger partial charge is 0.256 e. The molecule has 1 heterocycles. The van der Waals surface area contributed by atoms with Gasteiger partial charge in [0.2, 0.25) is 11.9 Å². The summed E-state index contributed by atoms with van der Waals surface area (Å²) >= 11 is 0. The van der Waals surface area contributed by atoms with E-state index in [0.29, 0.717) is 33.9 Å². The lowest BCUT2D eigenvalue weighted by Crippen LogP contribution is -2.16. The summed E-state index contributed by atoms with van der Waals surface area (Å²) in [6.45, 7) is 5.19. The second kappa shape index (κ2) is 11.6. The van der Waals surface area contributed by atoms with Crippen LogP contribution >= 0.6 is 0 Å². The number of amides is 3. The van der Waals surface area contributed by atoms with Crippen molar-refractivity contribution in [3.8, 4) is 0 Å². The zero-order valence-corrected chi connectivity index (χ0v) is 20.3. The normalized spacial score (nSPS) is 10.3. The molecule has 9 nitrogen and oxygen atoms in total. The molecular formula is C28H23FN6O3. The Kier molecular flexibility index (Phi) is 7.83. The van der Waals surface area contributed by atoms with Gasteiger partial charge in [0.25, 0.3) is 11.8 Å². The second-order valence-corrected chi connectivity index (χ2v) is 8.14. The number of nitrogens with zero attached hydrogens (tertiary/aromatic N) is 2. The van der Waals surface area contributed by atoms with Crippen LogP contribution in [0.2, 0.25) is 0 Å². The maximum Gasteiger partial charge on any atom is 0.256 e. The van der Waals surface area contributed by atoms with Crippen molar-refractivity contribution in [1.82, 2.24) is 9.97 Å². The molecule has 10 heteroatoms. The monoisotopic (exact) mass is 510 g/mol. The minimum atomic E-state index is -0.518. The van der Waals surface area contributed by atoms with Crippen molar-refractivity contribution in [3.63, 3.8) is 0 Å². The van der Waals surface area contributed by atoms with Gasteiger partial charge in [-0.05, 0) is 67.1 Å². The molecule has 4 aromatic rings. The molecule has 0 saturated heterocycles. The number of nitrogens with one attached hydrogen (secondary N) is 4. The van der Waals surface area contributed by atoms with E-state index in [1.165, 1.54) is 42.7 Å². The predicted molar refractivity (Wildman–Crippen MR) is 144 cm³/mol. The van der Waals surface area contributed by atoms with Crippen molar-refractivity contribution in [2.75, 3.05) is 21.3 Å². The van der Waals surface area contributed by atoms with E-state index in [1.54, 1.807) is 43.3 Å². The number of aryl methyl sites for hydroxylation is 1. The number of aromatic nitrogens is 2. The number of carbonyl (C=O) groups excluding carboxylic acids is 3. The van der Waals surface area contributed by atoms with Crippen molar-refractivity contribution in [1.29, 1.82) is 0 Å². The van der Waals surface area contributed by atoms with Crippen molar-refractivity contribution < 1.29 is 18.8 Å². The summed E-state index contributed by atoms with van der Waals surface area (Å²) < 4.78 is 13.4. The van der Waals surface area contributed by atoms with Gasteiger partial charge < -0.3 is 21.3 Å². The highest BCUT2D eigenvalue weighted by molar-refractivity contribution is 6.08. The Morgan fingerprint density at radius 2 is 1.47 bits per heavy atom. The van der Waals surface area contributed by atoms with Crippen molar-refractivity contribution in [2.24, 2.45) is 0 Å². The first kappa shape index (κ1) is 25.7. The number of benzene rings is 3. The van der Waals surface area contributed by atoms with Gasteiger partial charge in [0, 0.05) is 28.2 Å². The van der Waals surface area contributed by atoms with Crippen LogP contribution in [0.5, 0.6) is 0 Å². The van der Waals surface area contributed by atoms with Crippen LogP contribution in [0.4, 0.5) is 33.1 Å². The van der Waals surface area contributed by atoms with Gasteiger partial charge in [-0.25, -0.2) is 14.4 Å². The largest absolute Gasteiger partial charge is 0.324 e. The number of hydrogen-bond acceptors (Lipinski definition) is 6. The van der Waals surface area contributed by atoms with Gasteiger partial charge in [-0.15, -0.1) is 0 Å². The number of anilines is 5. The van der Waals surface area contributed by atoms with E-state index in [2.05, 4.69) is 37.8 Å². The Labute approximate surface area is 217 Å². The van der Waals surface area contributed by atoms with E-state index in [4.69, 9.17) is 0 Å². The molecule has 0 aliphatic rings. The molecule has 0 aliphatic carbocycles. The van der Waals surface area contributed by atoms with Crippen molar-refractivity contribution in [3.05, 3.63) is 114 Å². The van der Waals surface area contributed by atoms with E-state index in [1.807, 2.05) is 0 Å². The van der Waals surface area contributed by atoms with Gasteiger partial charge in [-0.2, -0.15) is 0 Å². The molecule has 3 amide bonds. The van der Waals surface area contributed by atoms with E-state index in [9.17, 15) is 18.8 Å². The number of hydrogen-bond donors (Lipinski definition) is 4. The molecule has 0 bridgehead atoms. The average Bonchev–Trinajstić information content (AvgIpc) is 2.91. The van der Waals surface area contributed by atoms with Gasteiger partial charge in [0.05, 0.1) is 18.1 Å². The summed E-state index contributed by atoms with van der Waals surface area (Å²) in [4.78, 5) is 45.3. The maximum atomic E-state index is 13.4. The zero-order valence-electron chi connectivity index (χ0n) is 20.3. The quantitative estimate of drug-likeness (QED) is 0.239. The molecule has 4 rings (SSSR count). The molecular weight excluding hydrogens is 487 g/mol. The molecule has 1 aromatic heterocycles. The van der Waals surface area contributed by atoms with Crippen LogP contribution in [0.15, 0.2) is 91.8 Å². The third-order valence-electron chi connectivity index (χ3n) is 5.31. The first-order chi connectivity index (χ1) is 18.3. The summed E-state index contributed by atoms with van der Waals surface area (Å²) in [7, 11) is 0. The maximum absolute atomic E-state index is 13.4. The fourth-order valence-corrected chi connectivity index (χ4v) is 3.43. The van der Waals surface area contributed by atoms with Crippen LogP contribution in [0.25, 0.3) is 0 Å². The highest BCUT2D eigenvalue weighted by Crippen LogP contribution is 2.20. The second-order valence-electron chi connectivity index (χ2n) is 8.14. The van der Waals surface area contributed by atoms with Crippen molar-refractivity contribution >= 4 is 46.4 Å². The Hall–Kier alpha value is -5.38. The Morgan fingerprint density at radius 3 is 2.21 bits per heavy atom. The van der Waals surface area contributed by atoms with E-state index in [-0.39, 0.29) is 17.4 Å². The van der Waals surface area contributed by atoms with Gasteiger partial charge in [0.15, 0.2) is 0 Å². The predicted octanol–water partition coefficient (Wildman–Crippen LogP) is 5.30. The van der Waals surface area contributed by atoms with E-state index < -0.39 is 17.6 Å². The summed E-state index contributed by atoms with van der Waals surface area (Å²) in [6.07, 6.45) is 4.07. The minimum Gasteiger partial charge on any atom is -0.324 e. The standard InChI is InChI=1S/C28H23FN6O3/c1-3-25(36)32-20-8-5-9-21(13-20)35-28-30-15-23(16-31-28)34-27(38)24-14-22(11-10-17(24)2)33-26(37)18-6-4-7-19(29)12-18/h3-16H,1H2,2H3,(H,32,36)(H,33,37)(H,34,38)(H,30,31,35). The lowest BCUT2D eigenvalue weighted by molar-refractivity contribution is -0.111. The molecule has 38 heavy (non-hydrogen) atoms. The molecule has 0 atom stereocenters. The lowest BCUT2D eigenvalue weighted by atomic mass is 10.1. The van der Waals surface area contributed by atoms with E-state index in [0.717, 1.165) is 6.07 Å². The van der Waals surface area contributed by atoms with Gasteiger partial charge in [-0.3, -0.25) is 14.4 Å². The van der Waals surface area contributed by atoms with Crippen LogP contribution in [-0.4, -0.2) is 27.7 Å². The van der Waals surface area contributed by atoms with Crippen LogP contribution in [0.3, 0.4) is 0 Å². The summed E-state index contributed by atoms with van der Waals surface area (Å²) in [5, 5.41) is 11.1. The van der Waals surface area contributed by atoms with Gasteiger partial charge in [0.1, 0.15) is 5.82 Å². The fraction of sp³-hybridized carbons (Fsp3) is 0.0357. The summed E-state index contributed by atoms with van der Waals surface area (Å²) in [5.41, 5.74) is 3.16. The topological polar surface area (TPSA) is 125 Å². The molecule has 0 fully saturated rings. The van der Waals surface area contributed by atoms with Crippen LogP contribution < -0.4 is 21.3 Å². The van der Waals surface area contributed by atoms with Crippen LogP contribution in [-0.2, 0) is 4.79 Å². The zero-order chi connectivity index (χ0) is 27.1. The number of rotatable bonds is 8. The molecule has 0 aliphatic heterocycles. The first-order valence-electron chi connectivity index (χ1n) is 11.4. The number of halogens is 1. The molecule has 4 N–H and O–H groups in total. The Bertz CT molecular complexity index is 1520. The fourth-order valence-electron chi connectivity index (χ4n) is 3.43. The highest BCUT2D eigenvalue weighted by Gasteiger charge is 2.13. The van der Waals surface area contributed by atoms with Crippen LogP contribution in [0, 0.1) is 12.7 Å². The van der Waals surface area contributed by atoms with Crippen LogP contribution in [0.1, 0.15) is 26.3 Å². The molecule has 0 radical (unpaired) electrons. The molecule has 0 unspecified atom stereocenters. The number of carbonyl (C=O) groups is 3. The molecule has 0 spiro atoms. The Balaban J connectivity index is 1.41. The minimum absolute atomic E-state index is 0.163. The molecule has 3 aromatic carbocycles. The SMILES string of the molecule is C=CC(=O)Nc1cccc(Nc2ncc(NC(=O)c3cc(NC(=O)c4cccc(F)c4)ccc3C)cn2)c1. The first-order valence-corrected chi connectivity index (χ1v) is 11.4. The third kappa shape index (κ3) is 6.64. The summed E-state index contributed by atoms with van der Waals surface area (Å²) in [5.74, 6) is -1.47. The lowest BCUT2D eigenvalue weighted by Gasteiger charge is -2.11. The average molecular weight is 511 g/mol. The van der Waals surface area contributed by atoms with Gasteiger partial charge >= 0.3 is 0 Å². The van der Waals surface area contributed by atoms with E-state index >= 15 is 0 Å². The highest BCUT2D eigenvalue weighted by atomic mass is 19.1. The molecule has 190 valence electrons. The van der Waals surface area contributed by atoms with Crippen molar-refractivity contribution in [2.45, 2.75) is 6.92 Å².